The Hall–Kier alpha value is -3.77. The molecule has 1 atom stereocenters. The molecule has 4 aromatic rings. The Kier molecular flexibility index (Phi) is 4.61. The molecular weight excluding hydrogens is 392 g/mol. The van der Waals surface area contributed by atoms with Gasteiger partial charge in [-0.3, -0.25) is 9.79 Å². The topological polar surface area (TPSA) is 80.4 Å². The van der Waals surface area contributed by atoms with E-state index in [0.717, 1.165) is 39.5 Å². The minimum Gasteiger partial charge on any atom is -0.375 e. The lowest BCUT2D eigenvalue weighted by Gasteiger charge is -2.14. The minimum absolute atomic E-state index is 0.0617. The molecular formula is C24H18N4OS. The maximum Gasteiger partial charge on any atom is 0.238 e. The van der Waals surface area contributed by atoms with Crippen molar-refractivity contribution in [1.82, 2.24) is 4.98 Å². The molecule has 30 heavy (non-hydrogen) atoms. The van der Waals surface area contributed by atoms with Gasteiger partial charge in [-0.2, -0.15) is 0 Å². The van der Waals surface area contributed by atoms with Crippen LogP contribution in [0.4, 0.5) is 16.5 Å². The minimum atomic E-state index is -0.457. The predicted octanol–water partition coefficient (Wildman–Crippen LogP) is 5.25. The van der Waals surface area contributed by atoms with Crippen LogP contribution >= 0.6 is 11.3 Å². The molecule has 0 saturated carbocycles. The second kappa shape index (κ2) is 7.57. The van der Waals surface area contributed by atoms with Crippen LogP contribution < -0.4 is 11.1 Å². The van der Waals surface area contributed by atoms with Gasteiger partial charge in [0.05, 0.1) is 17.1 Å². The van der Waals surface area contributed by atoms with Gasteiger partial charge in [0.15, 0.2) is 5.13 Å². The van der Waals surface area contributed by atoms with Crippen molar-refractivity contribution in [3.05, 3.63) is 95.4 Å². The van der Waals surface area contributed by atoms with E-state index in [1.54, 1.807) is 0 Å². The molecule has 0 aliphatic carbocycles. The normalized spacial score (nSPS) is 15.7. The number of anilines is 2. The SMILES string of the molecule is Nc1nc(-c2ccc(N=C(c3ccccc3)C3C(=O)Nc4ccccc43)cc2)cs1. The fourth-order valence-corrected chi connectivity index (χ4v) is 4.22. The van der Waals surface area contributed by atoms with Crippen molar-refractivity contribution in [3.8, 4) is 11.3 Å². The first kappa shape index (κ1) is 18.3. The summed E-state index contributed by atoms with van der Waals surface area (Å²) < 4.78 is 0. The number of nitrogens with two attached hydrogens (primary N) is 1. The maximum absolute atomic E-state index is 12.9. The van der Waals surface area contributed by atoms with Crippen LogP contribution in [0.25, 0.3) is 11.3 Å². The van der Waals surface area contributed by atoms with Gasteiger partial charge in [0, 0.05) is 16.6 Å². The fourth-order valence-electron chi connectivity index (χ4n) is 3.65. The molecule has 3 aromatic carbocycles. The third-order valence-electron chi connectivity index (χ3n) is 5.07. The maximum atomic E-state index is 12.9. The molecule has 0 spiro atoms. The van der Waals surface area contributed by atoms with Gasteiger partial charge in [0.2, 0.25) is 5.91 Å². The van der Waals surface area contributed by atoms with E-state index in [1.165, 1.54) is 11.3 Å². The Morgan fingerprint density at radius 2 is 1.70 bits per heavy atom. The number of aromatic nitrogens is 1. The fraction of sp³-hybridized carbons (Fsp3) is 0.0417. The smallest absolute Gasteiger partial charge is 0.238 e. The van der Waals surface area contributed by atoms with Crippen LogP contribution in [-0.4, -0.2) is 16.6 Å². The van der Waals surface area contributed by atoms with Crippen molar-refractivity contribution in [3.63, 3.8) is 0 Å². The number of benzene rings is 3. The number of hydrogen-bond donors (Lipinski definition) is 2. The summed E-state index contributed by atoms with van der Waals surface area (Å²) >= 11 is 1.42. The highest BCUT2D eigenvalue weighted by atomic mass is 32.1. The highest BCUT2D eigenvalue weighted by Crippen LogP contribution is 2.36. The van der Waals surface area contributed by atoms with Crippen molar-refractivity contribution in [1.29, 1.82) is 0 Å². The lowest BCUT2D eigenvalue weighted by atomic mass is 9.90. The second-order valence-corrected chi connectivity index (χ2v) is 7.88. The summed E-state index contributed by atoms with van der Waals surface area (Å²) in [5, 5.41) is 5.46. The number of fused-ring (bicyclic) bond motifs is 1. The average molecular weight is 411 g/mol. The number of rotatable bonds is 4. The van der Waals surface area contributed by atoms with Gasteiger partial charge in [-0.25, -0.2) is 4.98 Å². The molecule has 1 unspecified atom stereocenters. The second-order valence-electron chi connectivity index (χ2n) is 6.99. The largest absolute Gasteiger partial charge is 0.375 e. The molecule has 0 saturated heterocycles. The Balaban J connectivity index is 1.58. The number of hydrogen-bond acceptors (Lipinski definition) is 5. The monoisotopic (exact) mass is 410 g/mol. The van der Waals surface area contributed by atoms with Crippen molar-refractivity contribution < 1.29 is 4.79 Å². The molecule has 1 aliphatic heterocycles. The van der Waals surface area contributed by atoms with E-state index >= 15 is 0 Å². The summed E-state index contributed by atoms with van der Waals surface area (Å²) in [6.45, 7) is 0. The third-order valence-corrected chi connectivity index (χ3v) is 5.74. The number of amides is 1. The van der Waals surface area contributed by atoms with Crippen LogP contribution in [0.2, 0.25) is 0 Å². The number of carbonyl (C=O) groups excluding carboxylic acids is 1. The van der Waals surface area contributed by atoms with E-state index < -0.39 is 5.92 Å². The van der Waals surface area contributed by atoms with Crippen molar-refractivity contribution in [2.45, 2.75) is 5.92 Å². The number of carbonyl (C=O) groups is 1. The summed E-state index contributed by atoms with van der Waals surface area (Å²) in [7, 11) is 0. The Morgan fingerprint density at radius 3 is 2.43 bits per heavy atom. The van der Waals surface area contributed by atoms with Crippen LogP contribution in [0.5, 0.6) is 0 Å². The molecule has 0 radical (unpaired) electrons. The van der Waals surface area contributed by atoms with Gasteiger partial charge < -0.3 is 11.1 Å². The van der Waals surface area contributed by atoms with Crippen LogP contribution in [0, 0.1) is 0 Å². The zero-order chi connectivity index (χ0) is 20.5. The van der Waals surface area contributed by atoms with Gasteiger partial charge >= 0.3 is 0 Å². The van der Waals surface area contributed by atoms with E-state index in [4.69, 9.17) is 10.7 Å². The molecule has 6 heteroatoms. The van der Waals surface area contributed by atoms with Gasteiger partial charge in [0.1, 0.15) is 5.92 Å². The van der Waals surface area contributed by atoms with Crippen molar-refractivity contribution in [2.75, 3.05) is 11.1 Å². The lowest BCUT2D eigenvalue weighted by Crippen LogP contribution is -2.21. The molecule has 3 N–H and O–H groups in total. The molecule has 1 aliphatic rings. The van der Waals surface area contributed by atoms with Crippen molar-refractivity contribution in [2.24, 2.45) is 4.99 Å². The molecule has 2 heterocycles. The first-order valence-electron chi connectivity index (χ1n) is 9.54. The number of thiazole rings is 1. The van der Waals surface area contributed by atoms with E-state index in [0.29, 0.717) is 5.13 Å². The van der Waals surface area contributed by atoms with Crippen LogP contribution in [0.3, 0.4) is 0 Å². The van der Waals surface area contributed by atoms with Gasteiger partial charge in [-0.1, -0.05) is 60.7 Å². The lowest BCUT2D eigenvalue weighted by molar-refractivity contribution is -0.115. The molecule has 5 rings (SSSR count). The average Bonchev–Trinajstić information content (AvgIpc) is 3.35. The Labute approximate surface area is 177 Å². The number of nitrogen functional groups attached to an aromatic ring is 1. The predicted molar refractivity (Wildman–Crippen MR) is 122 cm³/mol. The zero-order valence-corrected chi connectivity index (χ0v) is 16.8. The van der Waals surface area contributed by atoms with Gasteiger partial charge in [0.25, 0.3) is 0 Å². The molecule has 0 bridgehead atoms. The molecule has 1 amide bonds. The highest BCUT2D eigenvalue weighted by Gasteiger charge is 2.35. The number of nitrogens with zero attached hydrogens (tertiary/aromatic N) is 2. The van der Waals surface area contributed by atoms with Crippen LogP contribution in [0.15, 0.2) is 89.2 Å². The molecule has 146 valence electrons. The van der Waals surface area contributed by atoms with Crippen LogP contribution in [0.1, 0.15) is 17.0 Å². The molecule has 1 aromatic heterocycles. The summed E-state index contributed by atoms with van der Waals surface area (Å²) in [5.74, 6) is -0.519. The van der Waals surface area contributed by atoms with E-state index in [9.17, 15) is 4.79 Å². The summed E-state index contributed by atoms with van der Waals surface area (Å²) in [5.41, 5.74) is 11.8. The van der Waals surface area contributed by atoms with E-state index in [2.05, 4.69) is 10.3 Å². The first-order chi connectivity index (χ1) is 14.7. The third kappa shape index (κ3) is 3.38. The zero-order valence-electron chi connectivity index (χ0n) is 15.9. The Bertz CT molecular complexity index is 1250. The number of aliphatic imine (C=N–C) groups is 1. The van der Waals surface area contributed by atoms with Gasteiger partial charge in [-0.05, 0) is 29.3 Å². The Morgan fingerprint density at radius 1 is 0.967 bits per heavy atom. The quantitative estimate of drug-likeness (QED) is 0.451. The first-order valence-corrected chi connectivity index (χ1v) is 10.4. The van der Waals surface area contributed by atoms with Crippen LogP contribution in [-0.2, 0) is 4.79 Å². The standard InChI is InChI=1S/C24H18N4OS/c25-24-28-20(14-30-24)15-10-12-17(13-11-15)26-22(16-6-2-1-3-7-16)21-18-8-4-5-9-19(18)27-23(21)29/h1-14,21H,(H2,25,28)(H,27,29). The number of para-hydroxylation sites is 1. The highest BCUT2D eigenvalue weighted by molar-refractivity contribution is 7.13. The van der Waals surface area contributed by atoms with Crippen molar-refractivity contribution >= 4 is 39.5 Å². The number of nitrogens with one attached hydrogen (secondary N) is 1. The summed E-state index contributed by atoms with van der Waals surface area (Å²) in [4.78, 5) is 22.1. The van der Waals surface area contributed by atoms with E-state index in [-0.39, 0.29) is 5.91 Å². The van der Waals surface area contributed by atoms with E-state index in [1.807, 2.05) is 84.2 Å². The molecule has 0 fully saturated rings. The summed E-state index contributed by atoms with van der Waals surface area (Å²) in [6, 6.07) is 25.4. The van der Waals surface area contributed by atoms with Gasteiger partial charge in [-0.15, -0.1) is 11.3 Å². The molecule has 5 nitrogen and oxygen atoms in total. The summed E-state index contributed by atoms with van der Waals surface area (Å²) in [6.07, 6.45) is 0.